The lowest BCUT2D eigenvalue weighted by atomic mass is 10.1. The molecule has 0 unspecified atom stereocenters. The summed E-state index contributed by atoms with van der Waals surface area (Å²) in [5.74, 6) is 5.42. The molecule has 0 spiro atoms. The maximum atomic E-state index is 12.4. The van der Waals surface area contributed by atoms with Crippen LogP contribution in [0.15, 0.2) is 18.5 Å². The zero-order chi connectivity index (χ0) is 13.8. The highest BCUT2D eigenvalue weighted by Crippen LogP contribution is 2.16. The maximum Gasteiger partial charge on any atom is 0.256 e. The lowest BCUT2D eigenvalue weighted by molar-refractivity contribution is 0.0596. The van der Waals surface area contributed by atoms with Gasteiger partial charge < -0.3 is 10.3 Å². The van der Waals surface area contributed by atoms with E-state index in [0.29, 0.717) is 17.3 Å². The summed E-state index contributed by atoms with van der Waals surface area (Å²) in [4.78, 5) is 20.6. The third kappa shape index (κ3) is 3.02. The second kappa shape index (κ2) is 5.99. The zero-order valence-corrected chi connectivity index (χ0v) is 11.5. The van der Waals surface area contributed by atoms with Crippen LogP contribution in [0.3, 0.4) is 0 Å². The van der Waals surface area contributed by atoms with Crippen LogP contribution in [0.1, 0.15) is 24.2 Å². The molecule has 1 aliphatic rings. The lowest BCUT2D eigenvalue weighted by Gasteiger charge is -2.37. The number of amides is 1. The van der Waals surface area contributed by atoms with Crippen molar-refractivity contribution in [2.75, 3.05) is 31.6 Å². The molecular weight excluding hydrogens is 242 g/mol. The van der Waals surface area contributed by atoms with Gasteiger partial charge in [0.25, 0.3) is 5.91 Å². The molecule has 0 bridgehead atoms. The lowest BCUT2D eigenvalue weighted by Crippen LogP contribution is -2.50. The van der Waals surface area contributed by atoms with Crippen molar-refractivity contribution >= 4 is 11.6 Å². The Hall–Kier alpha value is -1.66. The van der Waals surface area contributed by atoms with Gasteiger partial charge in [-0.3, -0.25) is 20.5 Å². The van der Waals surface area contributed by atoms with E-state index >= 15 is 0 Å². The zero-order valence-electron chi connectivity index (χ0n) is 11.5. The molecule has 1 aromatic heterocycles. The quantitative estimate of drug-likeness (QED) is 0.615. The molecule has 6 nitrogen and oxygen atoms in total. The number of nitrogens with two attached hydrogens (primary N) is 1. The van der Waals surface area contributed by atoms with Crippen molar-refractivity contribution in [3.63, 3.8) is 0 Å². The molecule has 1 fully saturated rings. The predicted molar refractivity (Wildman–Crippen MR) is 74.7 cm³/mol. The average molecular weight is 263 g/mol. The average Bonchev–Trinajstić information content (AvgIpc) is 2.46. The van der Waals surface area contributed by atoms with Crippen molar-refractivity contribution in [1.29, 1.82) is 0 Å². The van der Waals surface area contributed by atoms with Crippen LogP contribution in [-0.2, 0) is 0 Å². The number of anilines is 1. The van der Waals surface area contributed by atoms with E-state index in [-0.39, 0.29) is 5.91 Å². The van der Waals surface area contributed by atoms with E-state index in [9.17, 15) is 4.79 Å². The highest BCUT2D eigenvalue weighted by molar-refractivity contribution is 5.99. The van der Waals surface area contributed by atoms with E-state index in [1.807, 2.05) is 4.90 Å². The molecular formula is C13H21N5O. The Bertz CT molecular complexity index is 440. The summed E-state index contributed by atoms with van der Waals surface area (Å²) in [7, 11) is 0. The minimum atomic E-state index is 0.0127. The number of nitrogens with one attached hydrogen (secondary N) is 1. The van der Waals surface area contributed by atoms with Crippen LogP contribution in [0.4, 0.5) is 5.69 Å². The summed E-state index contributed by atoms with van der Waals surface area (Å²) in [6, 6.07) is 2.23. The minimum absolute atomic E-state index is 0.0127. The molecule has 19 heavy (non-hydrogen) atoms. The first-order valence-corrected chi connectivity index (χ1v) is 6.57. The van der Waals surface area contributed by atoms with Gasteiger partial charge in [-0.05, 0) is 19.9 Å². The number of hydrogen-bond donors (Lipinski definition) is 2. The van der Waals surface area contributed by atoms with Crippen LogP contribution in [-0.4, -0.2) is 52.9 Å². The number of pyridine rings is 1. The molecule has 104 valence electrons. The standard InChI is InChI=1S/C13H21N5O/c1-10(2)17-5-7-18(8-6-17)13(19)11-3-4-15-9-12(11)16-14/h3-4,9-10,16H,5-8,14H2,1-2H3. The number of hydrogen-bond acceptors (Lipinski definition) is 5. The number of carbonyl (C=O) groups excluding carboxylic acids is 1. The number of hydrazine groups is 1. The molecule has 1 amide bonds. The molecule has 3 N–H and O–H groups in total. The monoisotopic (exact) mass is 263 g/mol. The van der Waals surface area contributed by atoms with Crippen molar-refractivity contribution in [2.24, 2.45) is 5.84 Å². The summed E-state index contributed by atoms with van der Waals surface area (Å²) in [5, 5.41) is 0. The van der Waals surface area contributed by atoms with E-state index < -0.39 is 0 Å². The predicted octanol–water partition coefficient (Wildman–Crippen LogP) is 0.533. The van der Waals surface area contributed by atoms with Crippen molar-refractivity contribution in [3.8, 4) is 0 Å². The number of nitrogens with zero attached hydrogens (tertiary/aromatic N) is 3. The highest BCUT2D eigenvalue weighted by atomic mass is 16.2. The van der Waals surface area contributed by atoms with Gasteiger partial charge in [0, 0.05) is 38.4 Å². The first-order chi connectivity index (χ1) is 9.13. The van der Waals surface area contributed by atoms with Gasteiger partial charge in [0.1, 0.15) is 0 Å². The van der Waals surface area contributed by atoms with Gasteiger partial charge >= 0.3 is 0 Å². The number of carbonyl (C=O) groups is 1. The van der Waals surface area contributed by atoms with Gasteiger partial charge in [-0.25, -0.2) is 0 Å². The van der Waals surface area contributed by atoms with Crippen molar-refractivity contribution < 1.29 is 4.79 Å². The van der Waals surface area contributed by atoms with E-state index in [4.69, 9.17) is 5.84 Å². The Balaban J connectivity index is 2.05. The summed E-state index contributed by atoms with van der Waals surface area (Å²) in [6.07, 6.45) is 3.18. The molecule has 2 heterocycles. The Labute approximate surface area is 113 Å². The second-order valence-corrected chi connectivity index (χ2v) is 4.99. The Morgan fingerprint density at radius 2 is 2.05 bits per heavy atom. The third-order valence-corrected chi connectivity index (χ3v) is 3.54. The molecule has 0 saturated carbocycles. The fourth-order valence-electron chi connectivity index (χ4n) is 2.31. The number of piperazine rings is 1. The van der Waals surface area contributed by atoms with E-state index in [1.165, 1.54) is 0 Å². The Kier molecular flexibility index (Phi) is 4.34. The smallest absolute Gasteiger partial charge is 0.256 e. The van der Waals surface area contributed by atoms with Gasteiger partial charge in [0.05, 0.1) is 17.4 Å². The first-order valence-electron chi connectivity index (χ1n) is 6.57. The van der Waals surface area contributed by atoms with Crippen LogP contribution in [0, 0.1) is 0 Å². The second-order valence-electron chi connectivity index (χ2n) is 4.99. The fourth-order valence-corrected chi connectivity index (χ4v) is 2.31. The summed E-state index contributed by atoms with van der Waals surface area (Å²) in [6.45, 7) is 7.69. The van der Waals surface area contributed by atoms with E-state index in [0.717, 1.165) is 26.2 Å². The number of aromatic nitrogens is 1. The van der Waals surface area contributed by atoms with Crippen LogP contribution in [0.5, 0.6) is 0 Å². The first kappa shape index (κ1) is 13.8. The molecule has 6 heteroatoms. The molecule has 0 atom stereocenters. The fraction of sp³-hybridized carbons (Fsp3) is 0.538. The topological polar surface area (TPSA) is 74.5 Å². The van der Waals surface area contributed by atoms with Crippen molar-refractivity contribution in [3.05, 3.63) is 24.0 Å². The van der Waals surface area contributed by atoms with Crippen LogP contribution in [0.2, 0.25) is 0 Å². The summed E-state index contributed by atoms with van der Waals surface area (Å²) in [5.41, 5.74) is 3.67. The molecule has 0 aliphatic carbocycles. The normalized spacial score (nSPS) is 16.7. The SMILES string of the molecule is CC(C)N1CCN(C(=O)c2ccncc2NN)CC1. The Morgan fingerprint density at radius 3 is 2.63 bits per heavy atom. The summed E-state index contributed by atoms with van der Waals surface area (Å²) < 4.78 is 0. The maximum absolute atomic E-state index is 12.4. The summed E-state index contributed by atoms with van der Waals surface area (Å²) >= 11 is 0. The molecule has 1 aromatic rings. The van der Waals surface area contributed by atoms with E-state index in [2.05, 4.69) is 29.2 Å². The van der Waals surface area contributed by atoms with Gasteiger partial charge in [-0.2, -0.15) is 0 Å². The van der Waals surface area contributed by atoms with Crippen LogP contribution in [0.25, 0.3) is 0 Å². The highest BCUT2D eigenvalue weighted by Gasteiger charge is 2.24. The molecule has 1 saturated heterocycles. The van der Waals surface area contributed by atoms with Crippen molar-refractivity contribution in [1.82, 2.24) is 14.8 Å². The van der Waals surface area contributed by atoms with Gasteiger partial charge in [0.15, 0.2) is 0 Å². The van der Waals surface area contributed by atoms with Gasteiger partial charge in [-0.15, -0.1) is 0 Å². The van der Waals surface area contributed by atoms with Crippen LogP contribution < -0.4 is 11.3 Å². The van der Waals surface area contributed by atoms with Gasteiger partial charge in [-0.1, -0.05) is 0 Å². The number of rotatable bonds is 3. The third-order valence-electron chi connectivity index (χ3n) is 3.54. The minimum Gasteiger partial charge on any atom is -0.336 e. The Morgan fingerprint density at radius 1 is 1.37 bits per heavy atom. The molecule has 0 aromatic carbocycles. The number of nitrogen functional groups attached to an aromatic ring is 1. The van der Waals surface area contributed by atoms with Crippen molar-refractivity contribution in [2.45, 2.75) is 19.9 Å². The molecule has 0 radical (unpaired) electrons. The molecule has 2 rings (SSSR count). The molecule has 1 aliphatic heterocycles. The largest absolute Gasteiger partial charge is 0.336 e. The van der Waals surface area contributed by atoms with Crippen LogP contribution >= 0.6 is 0 Å². The van der Waals surface area contributed by atoms with Gasteiger partial charge in [0.2, 0.25) is 0 Å². The van der Waals surface area contributed by atoms with E-state index in [1.54, 1.807) is 18.5 Å².